The number of alkyl halides is 3. The van der Waals surface area contributed by atoms with Gasteiger partial charge in [-0.25, -0.2) is 0 Å². The summed E-state index contributed by atoms with van der Waals surface area (Å²) in [5, 5.41) is 0.258. The van der Waals surface area contributed by atoms with Gasteiger partial charge in [0.15, 0.2) is 0 Å². The Morgan fingerprint density at radius 2 is 1.67 bits per heavy atom. The predicted molar refractivity (Wildman–Crippen MR) is 56.7 cm³/mol. The van der Waals surface area contributed by atoms with Crippen LogP contribution in [0.25, 0.3) is 0 Å². The zero-order valence-corrected chi connectivity index (χ0v) is 9.51. The Labute approximate surface area is 101 Å². The molecule has 1 aromatic carbocycles. The summed E-state index contributed by atoms with van der Waals surface area (Å²) in [7, 11) is 0. The van der Waals surface area contributed by atoms with Crippen LogP contribution in [0.5, 0.6) is 0 Å². The van der Waals surface area contributed by atoms with Crippen LogP contribution in [0.2, 0.25) is 10.0 Å². The molecule has 2 N–H and O–H groups in total. The summed E-state index contributed by atoms with van der Waals surface area (Å²) in [6.45, 7) is 0. The lowest BCUT2D eigenvalue weighted by Gasteiger charge is -2.16. The van der Waals surface area contributed by atoms with Crippen LogP contribution in [0, 0.1) is 0 Å². The molecule has 1 atom stereocenters. The predicted octanol–water partition coefficient (Wildman–Crippen LogP) is 3.98. The van der Waals surface area contributed by atoms with Crippen LogP contribution in [-0.2, 0) is 0 Å². The standard InChI is InChI=1S/C8H6Cl2F3N.ClH/c9-5-2-1-4(3-6(5)10)7(14)8(11,12)13;/h1-3,7H,14H2;1H. The smallest absolute Gasteiger partial charge is 0.316 e. The van der Waals surface area contributed by atoms with E-state index in [0.717, 1.165) is 6.07 Å². The average molecular weight is 281 g/mol. The quantitative estimate of drug-likeness (QED) is 0.827. The number of rotatable bonds is 1. The van der Waals surface area contributed by atoms with Gasteiger partial charge in [-0.15, -0.1) is 12.4 Å². The molecule has 1 rings (SSSR count). The van der Waals surface area contributed by atoms with Gasteiger partial charge in [0.2, 0.25) is 0 Å². The van der Waals surface area contributed by atoms with Gasteiger partial charge in [-0.3, -0.25) is 0 Å². The molecule has 1 unspecified atom stereocenters. The van der Waals surface area contributed by atoms with E-state index in [1.54, 1.807) is 0 Å². The van der Waals surface area contributed by atoms with Crippen molar-refractivity contribution in [2.45, 2.75) is 12.2 Å². The largest absolute Gasteiger partial charge is 0.407 e. The first-order valence-electron chi connectivity index (χ1n) is 3.59. The summed E-state index contributed by atoms with van der Waals surface area (Å²) in [6.07, 6.45) is -4.48. The van der Waals surface area contributed by atoms with Crippen molar-refractivity contribution in [2.75, 3.05) is 0 Å². The van der Waals surface area contributed by atoms with Gasteiger partial charge >= 0.3 is 6.18 Å². The molecule has 0 heterocycles. The lowest BCUT2D eigenvalue weighted by molar-refractivity contribution is -0.149. The molecule has 0 fully saturated rings. The summed E-state index contributed by atoms with van der Waals surface area (Å²) in [5.74, 6) is 0. The van der Waals surface area contributed by atoms with Crippen LogP contribution in [-0.4, -0.2) is 6.18 Å². The summed E-state index contributed by atoms with van der Waals surface area (Å²) in [4.78, 5) is 0. The van der Waals surface area contributed by atoms with Crippen LogP contribution in [0.1, 0.15) is 11.6 Å². The second-order valence-electron chi connectivity index (χ2n) is 2.69. The van der Waals surface area contributed by atoms with Crippen molar-refractivity contribution in [3.63, 3.8) is 0 Å². The number of benzene rings is 1. The first-order valence-corrected chi connectivity index (χ1v) is 4.35. The Morgan fingerprint density at radius 3 is 2.07 bits per heavy atom. The Balaban J connectivity index is 0.00000196. The van der Waals surface area contributed by atoms with Crippen LogP contribution in [0.3, 0.4) is 0 Å². The molecule has 0 saturated heterocycles. The van der Waals surface area contributed by atoms with Gasteiger partial charge in [0.05, 0.1) is 10.0 Å². The van der Waals surface area contributed by atoms with Crippen molar-refractivity contribution >= 4 is 35.6 Å². The zero-order chi connectivity index (χ0) is 10.9. The molecule has 0 aliphatic carbocycles. The highest BCUT2D eigenvalue weighted by Gasteiger charge is 2.37. The fraction of sp³-hybridized carbons (Fsp3) is 0.250. The molecule has 0 amide bonds. The Hall–Kier alpha value is -0.160. The monoisotopic (exact) mass is 279 g/mol. The van der Waals surface area contributed by atoms with Crippen LogP contribution in [0.4, 0.5) is 13.2 Å². The van der Waals surface area contributed by atoms with E-state index in [0.29, 0.717) is 0 Å². The Morgan fingerprint density at radius 1 is 1.13 bits per heavy atom. The molecule has 0 aliphatic heterocycles. The van der Waals surface area contributed by atoms with Crippen LogP contribution in [0.15, 0.2) is 18.2 Å². The average Bonchev–Trinajstić information content (AvgIpc) is 2.07. The van der Waals surface area contributed by atoms with Gasteiger partial charge in [0, 0.05) is 0 Å². The molecule has 0 aliphatic rings. The fourth-order valence-electron chi connectivity index (χ4n) is 0.895. The molecule has 0 bridgehead atoms. The molecule has 0 saturated carbocycles. The third-order valence-electron chi connectivity index (χ3n) is 1.66. The van der Waals surface area contributed by atoms with Gasteiger partial charge in [0.25, 0.3) is 0 Å². The van der Waals surface area contributed by atoms with Crippen molar-refractivity contribution in [1.29, 1.82) is 0 Å². The van der Waals surface area contributed by atoms with Gasteiger partial charge in [-0.05, 0) is 17.7 Å². The molecule has 86 valence electrons. The SMILES string of the molecule is Cl.NC(c1ccc(Cl)c(Cl)c1)C(F)(F)F. The number of halogens is 6. The van der Waals surface area contributed by atoms with Gasteiger partial charge < -0.3 is 5.73 Å². The molecule has 1 aromatic rings. The minimum absolute atomic E-state index is 0. The van der Waals surface area contributed by atoms with E-state index in [2.05, 4.69) is 0 Å². The van der Waals surface area contributed by atoms with E-state index >= 15 is 0 Å². The Kier molecular flexibility index (Phi) is 5.20. The molecular formula is C8H7Cl3F3N. The molecule has 7 heteroatoms. The van der Waals surface area contributed by atoms with Crippen LogP contribution >= 0.6 is 35.6 Å². The highest BCUT2D eigenvalue weighted by molar-refractivity contribution is 6.42. The lowest BCUT2D eigenvalue weighted by atomic mass is 10.1. The summed E-state index contributed by atoms with van der Waals surface area (Å²) in [5.41, 5.74) is 4.86. The number of nitrogens with two attached hydrogens (primary N) is 1. The highest BCUT2D eigenvalue weighted by atomic mass is 35.5. The summed E-state index contributed by atoms with van der Waals surface area (Å²) >= 11 is 11.1. The van der Waals surface area contributed by atoms with Crippen molar-refractivity contribution in [2.24, 2.45) is 5.73 Å². The molecule has 1 nitrogen and oxygen atoms in total. The maximum absolute atomic E-state index is 12.2. The number of hydrogen-bond acceptors (Lipinski definition) is 1. The van der Waals surface area contributed by atoms with Crippen molar-refractivity contribution < 1.29 is 13.2 Å². The molecule has 0 spiro atoms. The normalized spacial score (nSPS) is 13.2. The minimum atomic E-state index is -4.48. The first-order chi connectivity index (χ1) is 6.32. The minimum Gasteiger partial charge on any atom is -0.316 e. The van der Waals surface area contributed by atoms with E-state index in [1.165, 1.54) is 12.1 Å². The fourth-order valence-corrected chi connectivity index (χ4v) is 1.20. The van der Waals surface area contributed by atoms with Gasteiger partial charge in [0.1, 0.15) is 6.04 Å². The second-order valence-corrected chi connectivity index (χ2v) is 3.51. The van der Waals surface area contributed by atoms with Crippen molar-refractivity contribution in [1.82, 2.24) is 0 Å². The maximum Gasteiger partial charge on any atom is 0.407 e. The van der Waals surface area contributed by atoms with Crippen LogP contribution < -0.4 is 5.73 Å². The zero-order valence-electron chi connectivity index (χ0n) is 7.18. The van der Waals surface area contributed by atoms with E-state index in [9.17, 15) is 13.2 Å². The molecule has 15 heavy (non-hydrogen) atoms. The van der Waals surface area contributed by atoms with Crippen molar-refractivity contribution in [3.05, 3.63) is 33.8 Å². The van der Waals surface area contributed by atoms with Gasteiger partial charge in [-0.2, -0.15) is 13.2 Å². The van der Waals surface area contributed by atoms with Crippen molar-refractivity contribution in [3.8, 4) is 0 Å². The van der Waals surface area contributed by atoms with E-state index < -0.39 is 12.2 Å². The third kappa shape index (κ3) is 3.72. The Bertz CT molecular complexity index is 340. The maximum atomic E-state index is 12.2. The molecule has 0 radical (unpaired) electrons. The third-order valence-corrected chi connectivity index (χ3v) is 2.39. The second kappa shape index (κ2) is 5.25. The van der Waals surface area contributed by atoms with E-state index in [-0.39, 0.29) is 28.0 Å². The number of hydrogen-bond donors (Lipinski definition) is 1. The highest BCUT2D eigenvalue weighted by Crippen LogP contribution is 2.33. The summed E-state index contributed by atoms with van der Waals surface area (Å²) in [6, 6.07) is 1.57. The van der Waals surface area contributed by atoms with E-state index in [1.807, 2.05) is 0 Å². The molecular weight excluding hydrogens is 273 g/mol. The van der Waals surface area contributed by atoms with E-state index in [4.69, 9.17) is 28.9 Å². The summed E-state index contributed by atoms with van der Waals surface area (Å²) < 4.78 is 36.5. The first kappa shape index (κ1) is 14.8. The molecule has 0 aromatic heterocycles. The topological polar surface area (TPSA) is 26.0 Å². The lowest BCUT2D eigenvalue weighted by Crippen LogP contribution is -2.28. The van der Waals surface area contributed by atoms with Gasteiger partial charge in [-0.1, -0.05) is 29.3 Å².